The number of benzene rings is 3. The number of rotatable bonds is 7. The van der Waals surface area contributed by atoms with Gasteiger partial charge >= 0.3 is 0 Å². The summed E-state index contributed by atoms with van der Waals surface area (Å²) in [6, 6.07) is 22.1. The van der Waals surface area contributed by atoms with E-state index >= 15 is 0 Å². The van der Waals surface area contributed by atoms with Crippen molar-refractivity contribution < 1.29 is 14.3 Å². The first-order valence-corrected chi connectivity index (χ1v) is 13.0. The SMILES string of the molecule is CC[C@@H](Oc1ccc2c(c1)[C@@H](c1ccc(C)cc1)N(C(=O)C1CC1)CC2)C(=O)Nc1ccc(C)cc1. The van der Waals surface area contributed by atoms with Crippen LogP contribution in [-0.2, 0) is 16.0 Å². The number of carbonyl (C=O) groups excluding carboxylic acids is 2. The molecule has 1 fully saturated rings. The van der Waals surface area contributed by atoms with Gasteiger partial charge < -0.3 is 15.0 Å². The Kier molecular flexibility index (Phi) is 6.82. The van der Waals surface area contributed by atoms with Crippen LogP contribution in [0.15, 0.2) is 66.7 Å². The zero-order valence-electron chi connectivity index (χ0n) is 21.3. The maximum Gasteiger partial charge on any atom is 0.265 e. The number of carbonyl (C=O) groups is 2. The number of hydrogen-bond donors (Lipinski definition) is 1. The van der Waals surface area contributed by atoms with E-state index in [1.807, 2.05) is 50.2 Å². The van der Waals surface area contributed by atoms with Crippen molar-refractivity contribution in [3.05, 3.63) is 94.5 Å². The van der Waals surface area contributed by atoms with Crippen LogP contribution < -0.4 is 10.1 Å². The molecule has 0 aromatic heterocycles. The summed E-state index contributed by atoms with van der Waals surface area (Å²) in [5.41, 5.74) is 6.51. The molecule has 1 saturated carbocycles. The number of amides is 2. The Hall–Kier alpha value is -3.60. The van der Waals surface area contributed by atoms with Gasteiger partial charge in [0.05, 0.1) is 6.04 Å². The molecule has 1 N–H and O–H groups in total. The van der Waals surface area contributed by atoms with Gasteiger partial charge in [-0.25, -0.2) is 0 Å². The third kappa shape index (κ3) is 5.15. The van der Waals surface area contributed by atoms with Gasteiger partial charge in [0.25, 0.3) is 5.91 Å². The van der Waals surface area contributed by atoms with Gasteiger partial charge in [0.2, 0.25) is 5.91 Å². The fourth-order valence-electron chi connectivity index (χ4n) is 4.92. The molecule has 1 heterocycles. The van der Waals surface area contributed by atoms with E-state index in [9.17, 15) is 9.59 Å². The van der Waals surface area contributed by atoms with Crippen LogP contribution in [0.1, 0.15) is 60.0 Å². The normalized spacial score (nSPS) is 17.8. The monoisotopic (exact) mass is 482 g/mol. The van der Waals surface area contributed by atoms with Crippen LogP contribution in [0.25, 0.3) is 0 Å². The van der Waals surface area contributed by atoms with Crippen LogP contribution >= 0.6 is 0 Å². The topological polar surface area (TPSA) is 58.6 Å². The van der Waals surface area contributed by atoms with E-state index in [0.717, 1.165) is 48.2 Å². The molecule has 0 spiro atoms. The largest absolute Gasteiger partial charge is 0.481 e. The van der Waals surface area contributed by atoms with E-state index in [2.05, 4.69) is 47.5 Å². The Balaban J connectivity index is 1.42. The molecule has 36 heavy (non-hydrogen) atoms. The summed E-state index contributed by atoms with van der Waals surface area (Å²) in [6.45, 7) is 6.76. The molecule has 0 unspecified atom stereocenters. The highest BCUT2D eigenvalue weighted by molar-refractivity contribution is 5.94. The number of nitrogens with zero attached hydrogens (tertiary/aromatic N) is 1. The zero-order valence-corrected chi connectivity index (χ0v) is 21.3. The minimum Gasteiger partial charge on any atom is -0.481 e. The lowest BCUT2D eigenvalue weighted by molar-refractivity contribution is -0.134. The quantitative estimate of drug-likeness (QED) is 0.450. The van der Waals surface area contributed by atoms with E-state index in [1.165, 1.54) is 11.1 Å². The average molecular weight is 483 g/mol. The number of hydrogen-bond acceptors (Lipinski definition) is 3. The summed E-state index contributed by atoms with van der Waals surface area (Å²) in [5, 5.41) is 2.97. The summed E-state index contributed by atoms with van der Waals surface area (Å²) in [5.74, 6) is 0.896. The van der Waals surface area contributed by atoms with Gasteiger partial charge in [0.15, 0.2) is 6.10 Å². The van der Waals surface area contributed by atoms with Crippen LogP contribution in [0.2, 0.25) is 0 Å². The number of aryl methyl sites for hydroxylation is 2. The minimum atomic E-state index is -0.616. The molecule has 1 aliphatic heterocycles. The fraction of sp³-hybridized carbons (Fsp3) is 0.355. The third-order valence-electron chi connectivity index (χ3n) is 7.21. The van der Waals surface area contributed by atoms with Gasteiger partial charge in [-0.2, -0.15) is 0 Å². The average Bonchev–Trinajstić information content (AvgIpc) is 3.74. The number of ether oxygens (including phenoxy) is 1. The third-order valence-corrected chi connectivity index (χ3v) is 7.21. The van der Waals surface area contributed by atoms with Crippen molar-refractivity contribution in [1.29, 1.82) is 0 Å². The second-order valence-electron chi connectivity index (χ2n) is 10.1. The van der Waals surface area contributed by atoms with Crippen molar-refractivity contribution in [2.24, 2.45) is 5.92 Å². The molecule has 2 aliphatic rings. The van der Waals surface area contributed by atoms with Crippen molar-refractivity contribution in [2.45, 2.75) is 58.6 Å². The number of nitrogens with one attached hydrogen (secondary N) is 1. The van der Waals surface area contributed by atoms with Crippen LogP contribution in [0.5, 0.6) is 5.75 Å². The highest BCUT2D eigenvalue weighted by Gasteiger charge is 2.39. The standard InChI is InChI=1S/C31H34N2O3/c1-4-28(30(34)32-25-14-7-21(3)8-15-25)36-26-16-13-22-17-18-33(31(35)24-11-12-24)29(27(22)19-26)23-9-5-20(2)6-10-23/h5-10,13-16,19,24,28-29H,4,11-12,17-18H2,1-3H3,(H,32,34)/t28-,29-/m1/s1. The maximum absolute atomic E-state index is 13.3. The predicted octanol–water partition coefficient (Wildman–Crippen LogP) is 5.98. The van der Waals surface area contributed by atoms with Crippen molar-refractivity contribution in [3.63, 3.8) is 0 Å². The minimum absolute atomic E-state index is 0.146. The lowest BCUT2D eigenvalue weighted by atomic mass is 9.87. The molecule has 0 radical (unpaired) electrons. The van der Waals surface area contributed by atoms with Crippen molar-refractivity contribution in [3.8, 4) is 5.75 Å². The van der Waals surface area contributed by atoms with Gasteiger partial charge in [-0.3, -0.25) is 9.59 Å². The summed E-state index contributed by atoms with van der Waals surface area (Å²) < 4.78 is 6.23. The molecule has 1 aliphatic carbocycles. The summed E-state index contributed by atoms with van der Waals surface area (Å²) in [4.78, 5) is 28.3. The van der Waals surface area contributed by atoms with Gasteiger partial charge in [0.1, 0.15) is 5.75 Å². The number of fused-ring (bicyclic) bond motifs is 1. The van der Waals surface area contributed by atoms with Gasteiger partial charge in [-0.1, -0.05) is 60.5 Å². The molecule has 186 valence electrons. The van der Waals surface area contributed by atoms with E-state index < -0.39 is 6.10 Å². The first-order valence-electron chi connectivity index (χ1n) is 13.0. The highest BCUT2D eigenvalue weighted by Crippen LogP contribution is 2.41. The molecular formula is C31H34N2O3. The summed E-state index contributed by atoms with van der Waals surface area (Å²) in [7, 11) is 0. The smallest absolute Gasteiger partial charge is 0.265 e. The fourth-order valence-corrected chi connectivity index (χ4v) is 4.92. The van der Waals surface area contributed by atoms with E-state index in [1.54, 1.807) is 0 Å². The lowest BCUT2D eigenvalue weighted by Crippen LogP contribution is -2.41. The Bertz CT molecular complexity index is 1250. The molecule has 5 nitrogen and oxygen atoms in total. The van der Waals surface area contributed by atoms with Gasteiger partial charge in [-0.15, -0.1) is 0 Å². The molecule has 0 saturated heterocycles. The molecule has 3 aromatic rings. The van der Waals surface area contributed by atoms with Crippen LogP contribution in [-0.4, -0.2) is 29.4 Å². The van der Waals surface area contributed by atoms with Crippen LogP contribution in [0.4, 0.5) is 5.69 Å². The van der Waals surface area contributed by atoms with Crippen molar-refractivity contribution >= 4 is 17.5 Å². The van der Waals surface area contributed by atoms with Crippen LogP contribution in [0, 0.1) is 19.8 Å². The highest BCUT2D eigenvalue weighted by atomic mass is 16.5. The van der Waals surface area contributed by atoms with Crippen molar-refractivity contribution in [2.75, 3.05) is 11.9 Å². The molecule has 5 rings (SSSR count). The van der Waals surface area contributed by atoms with Gasteiger partial charge in [0, 0.05) is 18.2 Å². The van der Waals surface area contributed by atoms with Crippen LogP contribution in [0.3, 0.4) is 0 Å². The number of anilines is 1. The Labute approximate surface area is 213 Å². The molecule has 2 amide bonds. The second kappa shape index (κ2) is 10.2. The Morgan fingerprint density at radius 2 is 1.64 bits per heavy atom. The Morgan fingerprint density at radius 1 is 0.972 bits per heavy atom. The molecule has 3 aromatic carbocycles. The molecule has 5 heteroatoms. The molecule has 2 atom stereocenters. The lowest BCUT2D eigenvalue weighted by Gasteiger charge is -2.38. The van der Waals surface area contributed by atoms with E-state index in [0.29, 0.717) is 12.2 Å². The maximum atomic E-state index is 13.3. The zero-order chi connectivity index (χ0) is 25.2. The summed E-state index contributed by atoms with van der Waals surface area (Å²) in [6.07, 6.45) is 2.72. The molecule has 0 bridgehead atoms. The summed E-state index contributed by atoms with van der Waals surface area (Å²) >= 11 is 0. The second-order valence-corrected chi connectivity index (χ2v) is 10.1. The molecular weight excluding hydrogens is 448 g/mol. The van der Waals surface area contributed by atoms with E-state index in [-0.39, 0.29) is 23.8 Å². The van der Waals surface area contributed by atoms with Gasteiger partial charge in [-0.05, 0) is 80.5 Å². The van der Waals surface area contributed by atoms with E-state index in [4.69, 9.17) is 4.74 Å². The first kappa shape index (κ1) is 24.1. The van der Waals surface area contributed by atoms with Crippen molar-refractivity contribution in [1.82, 2.24) is 4.90 Å². The Morgan fingerprint density at radius 3 is 2.28 bits per heavy atom. The first-order chi connectivity index (χ1) is 17.4. The predicted molar refractivity (Wildman–Crippen MR) is 142 cm³/mol.